The normalized spacial score (nSPS) is 15.9. The Kier molecular flexibility index (Phi) is 5.55. The number of aliphatic hydroxyl groups excluding tert-OH is 1. The summed E-state index contributed by atoms with van der Waals surface area (Å²) in [5, 5.41) is 16.1. The maximum atomic E-state index is 9.90. The largest absolute Gasteiger partial charge is 0.461 e. The zero-order chi connectivity index (χ0) is 15.2. The fraction of sp³-hybridized carbons (Fsp3) is 0.786. The minimum atomic E-state index is -0.344. The van der Waals surface area contributed by atoms with Crippen LogP contribution in [0.2, 0.25) is 0 Å². The molecule has 1 atom stereocenters. The van der Waals surface area contributed by atoms with Crippen LogP contribution in [0.1, 0.15) is 40.0 Å². The molecule has 7 nitrogen and oxygen atoms in total. The molecule has 1 fully saturated rings. The fourth-order valence-corrected chi connectivity index (χ4v) is 1.86. The second kappa shape index (κ2) is 7.40. The third-order valence-corrected chi connectivity index (χ3v) is 3.12. The zero-order valence-electron chi connectivity index (χ0n) is 13.0. The summed E-state index contributed by atoms with van der Waals surface area (Å²) in [5.41, 5.74) is 0. The third-order valence-electron chi connectivity index (χ3n) is 3.12. The second-order valence-corrected chi connectivity index (χ2v) is 5.64. The average Bonchev–Trinajstić information content (AvgIpc) is 3.26. The lowest BCUT2D eigenvalue weighted by Gasteiger charge is -2.13. The molecule has 1 aliphatic rings. The number of ether oxygens (including phenoxy) is 1. The van der Waals surface area contributed by atoms with Gasteiger partial charge in [-0.05, 0) is 39.0 Å². The van der Waals surface area contributed by atoms with Crippen LogP contribution < -0.4 is 15.4 Å². The topological polar surface area (TPSA) is 92.2 Å². The average molecular weight is 295 g/mol. The van der Waals surface area contributed by atoms with Crippen LogP contribution in [0.3, 0.4) is 0 Å². The van der Waals surface area contributed by atoms with Gasteiger partial charge < -0.3 is 20.5 Å². The van der Waals surface area contributed by atoms with Crippen molar-refractivity contribution in [3.63, 3.8) is 0 Å². The maximum absolute atomic E-state index is 9.90. The van der Waals surface area contributed by atoms with Crippen molar-refractivity contribution >= 4 is 11.9 Å². The van der Waals surface area contributed by atoms with Gasteiger partial charge >= 0.3 is 6.01 Å². The van der Waals surface area contributed by atoms with Crippen molar-refractivity contribution < 1.29 is 9.84 Å². The van der Waals surface area contributed by atoms with Gasteiger partial charge in [-0.3, -0.25) is 0 Å². The van der Waals surface area contributed by atoms with E-state index in [4.69, 9.17) is 4.74 Å². The van der Waals surface area contributed by atoms with Crippen LogP contribution in [0.15, 0.2) is 0 Å². The molecule has 1 saturated carbocycles. The molecule has 2 rings (SSSR count). The Balaban J connectivity index is 2.01. The monoisotopic (exact) mass is 295 g/mol. The van der Waals surface area contributed by atoms with E-state index in [-0.39, 0.29) is 12.2 Å². The first kappa shape index (κ1) is 15.8. The van der Waals surface area contributed by atoms with Gasteiger partial charge in [0.25, 0.3) is 0 Å². The summed E-state index contributed by atoms with van der Waals surface area (Å²) in [6, 6.07) is 0.294. The van der Waals surface area contributed by atoms with Gasteiger partial charge in [0.15, 0.2) is 0 Å². The Morgan fingerprint density at radius 1 is 1.19 bits per heavy atom. The van der Waals surface area contributed by atoms with E-state index in [9.17, 15) is 5.11 Å². The lowest BCUT2D eigenvalue weighted by Crippen LogP contribution is -2.23. The fourth-order valence-electron chi connectivity index (χ4n) is 1.86. The van der Waals surface area contributed by atoms with Crippen molar-refractivity contribution in [2.75, 3.05) is 23.7 Å². The zero-order valence-corrected chi connectivity index (χ0v) is 13.0. The third kappa shape index (κ3) is 5.34. The van der Waals surface area contributed by atoms with Crippen molar-refractivity contribution in [2.45, 2.75) is 52.2 Å². The van der Waals surface area contributed by atoms with E-state index in [0.29, 0.717) is 30.4 Å². The van der Waals surface area contributed by atoms with E-state index in [2.05, 4.69) is 32.5 Å². The standard InChI is InChI=1S/C14H25N5O2/c1-4-7-15-12-17-13(16-8-11(20)10-5-6-10)19-14(18-12)21-9(2)3/h9-11,20H,4-8H2,1-3H3,(H2,15,16,17,18,19). The molecule has 1 aromatic rings. The minimum Gasteiger partial charge on any atom is -0.461 e. The molecule has 1 heterocycles. The van der Waals surface area contributed by atoms with Crippen LogP contribution in [-0.4, -0.2) is 45.4 Å². The number of nitrogens with one attached hydrogen (secondary N) is 2. The smallest absolute Gasteiger partial charge is 0.323 e. The van der Waals surface area contributed by atoms with Crippen LogP contribution in [-0.2, 0) is 0 Å². The molecule has 1 unspecified atom stereocenters. The van der Waals surface area contributed by atoms with Gasteiger partial charge in [0.2, 0.25) is 11.9 Å². The molecule has 0 saturated heterocycles. The number of hydrogen-bond donors (Lipinski definition) is 3. The predicted molar refractivity (Wildman–Crippen MR) is 81.6 cm³/mol. The Hall–Kier alpha value is -1.63. The van der Waals surface area contributed by atoms with Crippen molar-refractivity contribution in [1.82, 2.24) is 15.0 Å². The highest BCUT2D eigenvalue weighted by molar-refractivity contribution is 5.36. The SMILES string of the molecule is CCCNc1nc(NCC(O)C2CC2)nc(OC(C)C)n1. The second-order valence-electron chi connectivity index (χ2n) is 5.64. The number of nitrogens with zero attached hydrogens (tertiary/aromatic N) is 3. The number of rotatable bonds is 9. The summed E-state index contributed by atoms with van der Waals surface area (Å²) in [4.78, 5) is 12.7. The summed E-state index contributed by atoms with van der Waals surface area (Å²) in [5.74, 6) is 1.34. The van der Waals surface area contributed by atoms with Crippen LogP contribution in [0.25, 0.3) is 0 Å². The van der Waals surface area contributed by atoms with E-state index in [1.165, 1.54) is 0 Å². The highest BCUT2D eigenvalue weighted by Gasteiger charge is 2.29. The molecule has 3 N–H and O–H groups in total. The predicted octanol–water partition coefficient (Wildman–Crippen LogP) is 1.66. The van der Waals surface area contributed by atoms with Gasteiger partial charge in [-0.25, -0.2) is 0 Å². The minimum absolute atomic E-state index is 0.00340. The van der Waals surface area contributed by atoms with E-state index in [0.717, 1.165) is 25.8 Å². The molecule has 118 valence electrons. The first-order valence-corrected chi connectivity index (χ1v) is 7.67. The molecule has 0 aromatic carbocycles. The van der Waals surface area contributed by atoms with Crippen molar-refractivity contribution in [3.05, 3.63) is 0 Å². The molecule has 0 radical (unpaired) electrons. The molecular formula is C14H25N5O2. The van der Waals surface area contributed by atoms with E-state index in [1.807, 2.05) is 13.8 Å². The van der Waals surface area contributed by atoms with Crippen molar-refractivity contribution in [1.29, 1.82) is 0 Å². The van der Waals surface area contributed by atoms with Crippen LogP contribution in [0.5, 0.6) is 6.01 Å². The van der Waals surface area contributed by atoms with Gasteiger partial charge in [-0.1, -0.05) is 6.92 Å². The highest BCUT2D eigenvalue weighted by atomic mass is 16.5. The Labute approximate surface area is 125 Å². The molecule has 0 bridgehead atoms. The maximum Gasteiger partial charge on any atom is 0.323 e. The number of aliphatic hydroxyl groups is 1. The lowest BCUT2D eigenvalue weighted by atomic mass is 10.2. The Morgan fingerprint density at radius 2 is 1.86 bits per heavy atom. The number of hydrogen-bond acceptors (Lipinski definition) is 7. The Morgan fingerprint density at radius 3 is 2.43 bits per heavy atom. The number of anilines is 2. The van der Waals surface area contributed by atoms with Crippen molar-refractivity contribution in [2.24, 2.45) is 5.92 Å². The number of aromatic nitrogens is 3. The summed E-state index contributed by atoms with van der Waals surface area (Å²) in [6.45, 7) is 7.16. The molecule has 0 spiro atoms. The molecule has 1 aromatic heterocycles. The lowest BCUT2D eigenvalue weighted by molar-refractivity contribution is 0.164. The van der Waals surface area contributed by atoms with E-state index in [1.54, 1.807) is 0 Å². The van der Waals surface area contributed by atoms with Crippen LogP contribution in [0.4, 0.5) is 11.9 Å². The van der Waals surface area contributed by atoms with Gasteiger partial charge in [0.05, 0.1) is 12.2 Å². The molecule has 7 heteroatoms. The summed E-state index contributed by atoms with van der Waals surface area (Å²) >= 11 is 0. The van der Waals surface area contributed by atoms with Gasteiger partial charge in [0.1, 0.15) is 0 Å². The highest BCUT2D eigenvalue weighted by Crippen LogP contribution is 2.32. The Bertz CT molecular complexity index is 451. The summed E-state index contributed by atoms with van der Waals surface area (Å²) in [7, 11) is 0. The van der Waals surface area contributed by atoms with Gasteiger partial charge in [0, 0.05) is 13.1 Å². The van der Waals surface area contributed by atoms with Gasteiger partial charge in [-0.15, -0.1) is 0 Å². The van der Waals surface area contributed by atoms with Crippen molar-refractivity contribution in [3.8, 4) is 6.01 Å². The first-order chi connectivity index (χ1) is 10.1. The van der Waals surface area contributed by atoms with Gasteiger partial charge in [-0.2, -0.15) is 15.0 Å². The molecular weight excluding hydrogens is 270 g/mol. The summed E-state index contributed by atoms with van der Waals surface area (Å²) < 4.78 is 5.54. The molecule has 21 heavy (non-hydrogen) atoms. The van der Waals surface area contributed by atoms with Crippen LogP contribution >= 0.6 is 0 Å². The molecule has 0 aliphatic heterocycles. The summed E-state index contributed by atoms with van der Waals surface area (Å²) in [6.07, 6.45) is 2.84. The van der Waals surface area contributed by atoms with Crippen LogP contribution in [0, 0.1) is 5.92 Å². The quantitative estimate of drug-likeness (QED) is 0.638. The molecule has 0 amide bonds. The van der Waals surface area contributed by atoms with E-state index >= 15 is 0 Å². The molecule has 1 aliphatic carbocycles. The first-order valence-electron chi connectivity index (χ1n) is 7.67. The van der Waals surface area contributed by atoms with E-state index < -0.39 is 0 Å².